The van der Waals surface area contributed by atoms with Gasteiger partial charge in [0.25, 0.3) is 0 Å². The van der Waals surface area contributed by atoms with Crippen LogP contribution in [0.2, 0.25) is 0 Å². The minimum Gasteiger partial charge on any atom is -0.380 e. The molecule has 0 aliphatic heterocycles. The predicted molar refractivity (Wildman–Crippen MR) is 80.1 cm³/mol. The van der Waals surface area contributed by atoms with Crippen molar-refractivity contribution in [3.05, 3.63) is 60.2 Å². The Morgan fingerprint density at radius 2 is 1.47 bits per heavy atom. The van der Waals surface area contributed by atoms with Crippen LogP contribution in [0.15, 0.2) is 54.6 Å². The third-order valence-corrected chi connectivity index (χ3v) is 3.53. The van der Waals surface area contributed by atoms with Gasteiger partial charge in [-0.3, -0.25) is 0 Å². The van der Waals surface area contributed by atoms with Gasteiger partial charge in [-0.1, -0.05) is 54.6 Å². The molecule has 0 bridgehead atoms. The van der Waals surface area contributed by atoms with E-state index in [2.05, 4.69) is 60.8 Å². The summed E-state index contributed by atoms with van der Waals surface area (Å²) >= 11 is 0. The Balaban J connectivity index is 2.23. The summed E-state index contributed by atoms with van der Waals surface area (Å²) in [5.41, 5.74) is 3.73. The molecule has 2 aromatic rings. The number of ether oxygens (including phenoxy) is 1. The van der Waals surface area contributed by atoms with Crippen molar-refractivity contribution >= 4 is 0 Å². The van der Waals surface area contributed by atoms with Gasteiger partial charge in [0.2, 0.25) is 0 Å². The van der Waals surface area contributed by atoms with E-state index in [0.717, 1.165) is 0 Å². The molecule has 2 unspecified atom stereocenters. The molecular weight excluding hydrogens is 234 g/mol. The van der Waals surface area contributed by atoms with Crippen molar-refractivity contribution in [1.29, 1.82) is 0 Å². The first-order chi connectivity index (χ1) is 9.26. The maximum Gasteiger partial charge on any atom is 0.0737 e. The smallest absolute Gasteiger partial charge is 0.0737 e. The Bertz CT molecular complexity index is 492. The van der Waals surface area contributed by atoms with E-state index in [1.807, 2.05) is 13.1 Å². The zero-order valence-corrected chi connectivity index (χ0v) is 11.8. The van der Waals surface area contributed by atoms with Crippen LogP contribution in [0, 0.1) is 0 Å². The SMILES string of the molecule is CNC(c1ccc(-c2ccccc2)cc1)C(C)OC. The van der Waals surface area contributed by atoms with E-state index >= 15 is 0 Å². The molecule has 2 aromatic carbocycles. The monoisotopic (exact) mass is 255 g/mol. The van der Waals surface area contributed by atoms with Gasteiger partial charge in [-0.2, -0.15) is 0 Å². The van der Waals surface area contributed by atoms with Crippen molar-refractivity contribution < 1.29 is 4.74 Å². The molecule has 0 heterocycles. The van der Waals surface area contributed by atoms with Crippen molar-refractivity contribution in [2.75, 3.05) is 14.2 Å². The summed E-state index contributed by atoms with van der Waals surface area (Å²) in [5.74, 6) is 0. The van der Waals surface area contributed by atoms with Gasteiger partial charge in [0.05, 0.1) is 12.1 Å². The van der Waals surface area contributed by atoms with E-state index in [1.54, 1.807) is 7.11 Å². The summed E-state index contributed by atoms with van der Waals surface area (Å²) < 4.78 is 5.41. The molecule has 0 aromatic heterocycles. The van der Waals surface area contributed by atoms with Crippen molar-refractivity contribution in [2.45, 2.75) is 19.1 Å². The lowest BCUT2D eigenvalue weighted by atomic mass is 9.98. The lowest BCUT2D eigenvalue weighted by Crippen LogP contribution is -2.28. The first-order valence-electron chi connectivity index (χ1n) is 6.61. The van der Waals surface area contributed by atoms with E-state index in [4.69, 9.17) is 4.74 Å². The van der Waals surface area contributed by atoms with Crippen LogP contribution in [0.4, 0.5) is 0 Å². The third-order valence-electron chi connectivity index (χ3n) is 3.53. The molecule has 0 fully saturated rings. The highest BCUT2D eigenvalue weighted by Gasteiger charge is 2.16. The van der Waals surface area contributed by atoms with Gasteiger partial charge in [-0.15, -0.1) is 0 Å². The van der Waals surface area contributed by atoms with E-state index in [0.29, 0.717) is 0 Å². The molecule has 0 amide bonds. The van der Waals surface area contributed by atoms with Gasteiger partial charge in [0.15, 0.2) is 0 Å². The van der Waals surface area contributed by atoms with Crippen LogP contribution in [-0.4, -0.2) is 20.3 Å². The summed E-state index contributed by atoms with van der Waals surface area (Å²) in [6, 6.07) is 19.3. The summed E-state index contributed by atoms with van der Waals surface area (Å²) in [6.45, 7) is 2.08. The molecule has 2 atom stereocenters. The molecule has 0 saturated heterocycles. The zero-order chi connectivity index (χ0) is 13.7. The van der Waals surface area contributed by atoms with Crippen LogP contribution >= 0.6 is 0 Å². The second-order valence-corrected chi connectivity index (χ2v) is 4.70. The molecule has 100 valence electrons. The molecule has 0 saturated carbocycles. The van der Waals surface area contributed by atoms with Crippen LogP contribution in [-0.2, 0) is 4.74 Å². The predicted octanol–water partition coefficient (Wildman–Crippen LogP) is 3.65. The number of hydrogen-bond acceptors (Lipinski definition) is 2. The first kappa shape index (κ1) is 13.8. The highest BCUT2D eigenvalue weighted by molar-refractivity contribution is 5.63. The molecule has 0 radical (unpaired) electrons. The molecule has 0 aliphatic carbocycles. The summed E-state index contributed by atoms with van der Waals surface area (Å²) in [4.78, 5) is 0. The third kappa shape index (κ3) is 3.22. The van der Waals surface area contributed by atoms with Crippen molar-refractivity contribution in [3.63, 3.8) is 0 Å². The van der Waals surface area contributed by atoms with Gasteiger partial charge >= 0.3 is 0 Å². The molecule has 19 heavy (non-hydrogen) atoms. The minimum atomic E-state index is 0.146. The maximum absolute atomic E-state index is 5.41. The number of nitrogens with one attached hydrogen (secondary N) is 1. The molecule has 2 nitrogen and oxygen atoms in total. The van der Waals surface area contributed by atoms with Crippen molar-refractivity contribution in [3.8, 4) is 11.1 Å². The molecule has 0 aliphatic rings. The van der Waals surface area contributed by atoms with Crippen LogP contribution in [0.1, 0.15) is 18.5 Å². The highest BCUT2D eigenvalue weighted by Crippen LogP contribution is 2.23. The quantitative estimate of drug-likeness (QED) is 0.880. The average Bonchev–Trinajstić information content (AvgIpc) is 2.49. The Hall–Kier alpha value is -1.64. The fourth-order valence-electron chi connectivity index (χ4n) is 2.32. The Labute approximate surface area is 115 Å². The Kier molecular flexibility index (Phi) is 4.72. The lowest BCUT2D eigenvalue weighted by molar-refractivity contribution is 0.0857. The fraction of sp³-hybridized carbons (Fsp3) is 0.294. The number of hydrogen-bond donors (Lipinski definition) is 1. The normalized spacial score (nSPS) is 14.1. The Morgan fingerprint density at radius 1 is 0.895 bits per heavy atom. The van der Waals surface area contributed by atoms with E-state index in [-0.39, 0.29) is 12.1 Å². The second-order valence-electron chi connectivity index (χ2n) is 4.70. The molecule has 2 rings (SSSR count). The molecule has 0 spiro atoms. The van der Waals surface area contributed by atoms with Gasteiger partial charge in [-0.25, -0.2) is 0 Å². The topological polar surface area (TPSA) is 21.3 Å². The van der Waals surface area contributed by atoms with Crippen molar-refractivity contribution in [2.24, 2.45) is 0 Å². The van der Waals surface area contributed by atoms with E-state index < -0.39 is 0 Å². The largest absolute Gasteiger partial charge is 0.380 e. The highest BCUT2D eigenvalue weighted by atomic mass is 16.5. The van der Waals surface area contributed by atoms with Gasteiger partial charge < -0.3 is 10.1 Å². The second kappa shape index (κ2) is 6.50. The molecule has 2 heteroatoms. The van der Waals surface area contributed by atoms with Crippen LogP contribution in [0.5, 0.6) is 0 Å². The number of likely N-dealkylation sites (N-methyl/N-ethyl adjacent to an activating group) is 1. The zero-order valence-electron chi connectivity index (χ0n) is 11.8. The Morgan fingerprint density at radius 3 is 2.00 bits per heavy atom. The summed E-state index contributed by atoms with van der Waals surface area (Å²) in [5, 5.41) is 3.30. The summed E-state index contributed by atoms with van der Waals surface area (Å²) in [7, 11) is 3.71. The van der Waals surface area contributed by atoms with Gasteiger partial charge in [0.1, 0.15) is 0 Å². The number of benzene rings is 2. The number of rotatable bonds is 5. The van der Waals surface area contributed by atoms with E-state index in [1.165, 1.54) is 16.7 Å². The van der Waals surface area contributed by atoms with Gasteiger partial charge in [-0.05, 0) is 30.7 Å². The first-order valence-corrected chi connectivity index (χ1v) is 6.61. The summed E-state index contributed by atoms with van der Waals surface area (Å²) in [6.07, 6.45) is 0.146. The number of methoxy groups -OCH3 is 1. The fourth-order valence-corrected chi connectivity index (χ4v) is 2.32. The average molecular weight is 255 g/mol. The minimum absolute atomic E-state index is 0.146. The molecule has 1 N–H and O–H groups in total. The standard InChI is InChI=1S/C17H21NO/c1-13(19-3)17(18-2)16-11-9-15(10-12-16)14-7-5-4-6-8-14/h4-13,17-18H,1-3H3. The van der Waals surface area contributed by atoms with Crippen LogP contribution in [0.3, 0.4) is 0 Å². The van der Waals surface area contributed by atoms with Crippen molar-refractivity contribution in [1.82, 2.24) is 5.32 Å². The van der Waals surface area contributed by atoms with E-state index in [9.17, 15) is 0 Å². The maximum atomic E-state index is 5.41. The van der Waals surface area contributed by atoms with Crippen LogP contribution < -0.4 is 5.32 Å². The lowest BCUT2D eigenvalue weighted by Gasteiger charge is -2.23. The van der Waals surface area contributed by atoms with Gasteiger partial charge in [0, 0.05) is 7.11 Å². The molecular formula is C17H21NO. The van der Waals surface area contributed by atoms with Crippen LogP contribution in [0.25, 0.3) is 11.1 Å².